The van der Waals surface area contributed by atoms with Crippen molar-refractivity contribution in [2.75, 3.05) is 0 Å². The summed E-state index contributed by atoms with van der Waals surface area (Å²) < 4.78 is 0. The van der Waals surface area contributed by atoms with Gasteiger partial charge in [-0.1, -0.05) is 26.0 Å². The number of carboxylic acid groups (broad SMARTS) is 1. The molecule has 0 aliphatic rings. The van der Waals surface area contributed by atoms with Crippen molar-refractivity contribution in [1.82, 2.24) is 0 Å². The Kier molecular flexibility index (Phi) is 4.64. The van der Waals surface area contributed by atoms with Crippen LogP contribution in [-0.2, 0) is 4.79 Å². The first-order valence-corrected chi connectivity index (χ1v) is 4.33. The fourth-order valence-electron chi connectivity index (χ4n) is 1.23. The van der Waals surface area contributed by atoms with Gasteiger partial charge in [0.1, 0.15) is 0 Å². The van der Waals surface area contributed by atoms with Gasteiger partial charge in [-0.25, -0.2) is 0 Å². The van der Waals surface area contributed by atoms with E-state index in [1.54, 1.807) is 0 Å². The largest absolute Gasteiger partial charge is 0.481 e. The smallest absolute Gasteiger partial charge is 0.303 e. The zero-order valence-electron chi connectivity index (χ0n) is 8.13. The molecule has 70 valence electrons. The van der Waals surface area contributed by atoms with Crippen LogP contribution in [0, 0.1) is 5.41 Å². The lowest BCUT2D eigenvalue weighted by molar-refractivity contribution is -0.137. The molecular weight excluding hydrogens is 152 g/mol. The van der Waals surface area contributed by atoms with Crippen LogP contribution in [0.2, 0.25) is 0 Å². The maximum Gasteiger partial charge on any atom is 0.303 e. The van der Waals surface area contributed by atoms with E-state index < -0.39 is 5.97 Å². The molecule has 12 heavy (non-hydrogen) atoms. The summed E-state index contributed by atoms with van der Waals surface area (Å²) in [5.41, 5.74) is 0.143. The Balaban J connectivity index is 3.68. The van der Waals surface area contributed by atoms with Crippen molar-refractivity contribution in [2.24, 2.45) is 5.41 Å². The van der Waals surface area contributed by atoms with Gasteiger partial charge in [-0.3, -0.25) is 4.79 Å². The first kappa shape index (κ1) is 11.2. The van der Waals surface area contributed by atoms with Crippen LogP contribution in [-0.4, -0.2) is 11.1 Å². The van der Waals surface area contributed by atoms with Crippen LogP contribution in [0.25, 0.3) is 0 Å². The Hall–Kier alpha value is -0.790. The molecule has 0 bridgehead atoms. The summed E-state index contributed by atoms with van der Waals surface area (Å²) in [5, 5.41) is 8.42. The van der Waals surface area contributed by atoms with E-state index in [0.29, 0.717) is 0 Å². The van der Waals surface area contributed by atoms with E-state index >= 15 is 0 Å². The third-order valence-corrected chi connectivity index (χ3v) is 1.83. The second kappa shape index (κ2) is 4.96. The molecule has 0 saturated heterocycles. The molecule has 0 heterocycles. The van der Waals surface area contributed by atoms with Crippen LogP contribution in [0.3, 0.4) is 0 Å². The van der Waals surface area contributed by atoms with Crippen molar-refractivity contribution in [3.8, 4) is 0 Å². The molecule has 0 spiro atoms. The Labute approximate surface area is 74.3 Å². The number of hydrogen-bond donors (Lipinski definition) is 1. The molecule has 0 rings (SSSR count). The van der Waals surface area contributed by atoms with Crippen LogP contribution >= 0.6 is 0 Å². The lowest BCUT2D eigenvalue weighted by Gasteiger charge is -2.18. The van der Waals surface area contributed by atoms with Crippen molar-refractivity contribution < 1.29 is 9.90 Å². The van der Waals surface area contributed by atoms with E-state index in [9.17, 15) is 4.79 Å². The normalized spacial score (nSPS) is 12.2. The van der Waals surface area contributed by atoms with Gasteiger partial charge in [-0.05, 0) is 25.2 Å². The van der Waals surface area contributed by atoms with Crippen LogP contribution in [0.15, 0.2) is 12.2 Å². The number of allylic oxidation sites excluding steroid dienone is 2. The van der Waals surface area contributed by atoms with E-state index in [-0.39, 0.29) is 11.8 Å². The van der Waals surface area contributed by atoms with Gasteiger partial charge in [0, 0.05) is 6.42 Å². The summed E-state index contributed by atoms with van der Waals surface area (Å²) in [5.74, 6) is -0.703. The van der Waals surface area contributed by atoms with Crippen molar-refractivity contribution >= 4 is 5.97 Å². The van der Waals surface area contributed by atoms with E-state index in [2.05, 4.69) is 19.9 Å². The van der Waals surface area contributed by atoms with E-state index in [4.69, 9.17) is 5.11 Å². The van der Waals surface area contributed by atoms with Crippen LogP contribution in [0.4, 0.5) is 0 Å². The average molecular weight is 170 g/mol. The van der Waals surface area contributed by atoms with Gasteiger partial charge < -0.3 is 5.11 Å². The second-order valence-corrected chi connectivity index (χ2v) is 3.74. The van der Waals surface area contributed by atoms with Crippen molar-refractivity contribution in [2.45, 2.75) is 40.0 Å². The summed E-state index contributed by atoms with van der Waals surface area (Å²) >= 11 is 0. The minimum Gasteiger partial charge on any atom is -0.481 e. The Morgan fingerprint density at radius 2 is 2.08 bits per heavy atom. The van der Waals surface area contributed by atoms with Crippen LogP contribution < -0.4 is 0 Å². The lowest BCUT2D eigenvalue weighted by atomic mass is 9.87. The monoisotopic (exact) mass is 170 g/mol. The Bertz CT molecular complexity index is 169. The maximum atomic E-state index is 10.2. The highest BCUT2D eigenvalue weighted by molar-refractivity contribution is 5.66. The molecule has 2 heteroatoms. The zero-order valence-corrected chi connectivity index (χ0v) is 8.13. The molecule has 0 atom stereocenters. The SMILES string of the molecule is C/C=C/C(C)(C)CCCC(=O)O. The van der Waals surface area contributed by atoms with Gasteiger partial charge in [-0.15, -0.1) is 0 Å². The lowest BCUT2D eigenvalue weighted by Crippen LogP contribution is -2.08. The molecular formula is C10H18O2. The summed E-state index contributed by atoms with van der Waals surface area (Å²) in [6, 6.07) is 0. The fourth-order valence-corrected chi connectivity index (χ4v) is 1.23. The highest BCUT2D eigenvalue weighted by Gasteiger charge is 2.13. The predicted molar refractivity (Wildman–Crippen MR) is 50.1 cm³/mol. The van der Waals surface area contributed by atoms with E-state index in [1.165, 1.54) is 0 Å². The molecule has 0 aromatic rings. The van der Waals surface area contributed by atoms with Gasteiger partial charge in [0.05, 0.1) is 0 Å². The van der Waals surface area contributed by atoms with E-state index in [0.717, 1.165) is 12.8 Å². The molecule has 0 amide bonds. The fraction of sp³-hybridized carbons (Fsp3) is 0.700. The standard InChI is InChI=1S/C10H18O2/c1-4-7-10(2,3)8-5-6-9(11)12/h4,7H,5-6,8H2,1-3H3,(H,11,12)/b7-4+. The van der Waals surface area contributed by atoms with E-state index in [1.807, 2.05) is 13.0 Å². The molecule has 0 aliphatic heterocycles. The van der Waals surface area contributed by atoms with Gasteiger partial charge >= 0.3 is 5.97 Å². The average Bonchev–Trinajstić information content (AvgIpc) is 1.85. The number of aliphatic carboxylic acids is 1. The number of carbonyl (C=O) groups is 1. The van der Waals surface area contributed by atoms with Crippen molar-refractivity contribution in [1.29, 1.82) is 0 Å². The number of carboxylic acids is 1. The van der Waals surface area contributed by atoms with Crippen LogP contribution in [0.5, 0.6) is 0 Å². The first-order valence-electron chi connectivity index (χ1n) is 4.33. The third-order valence-electron chi connectivity index (χ3n) is 1.83. The number of hydrogen-bond acceptors (Lipinski definition) is 1. The quantitative estimate of drug-likeness (QED) is 0.644. The molecule has 0 fully saturated rings. The molecule has 0 aromatic heterocycles. The van der Waals surface area contributed by atoms with Gasteiger partial charge in [0.25, 0.3) is 0 Å². The van der Waals surface area contributed by atoms with Gasteiger partial charge in [-0.2, -0.15) is 0 Å². The summed E-state index contributed by atoms with van der Waals surface area (Å²) in [6.07, 6.45) is 6.10. The highest BCUT2D eigenvalue weighted by Crippen LogP contribution is 2.24. The van der Waals surface area contributed by atoms with Gasteiger partial charge in [0.15, 0.2) is 0 Å². The topological polar surface area (TPSA) is 37.3 Å². The maximum absolute atomic E-state index is 10.2. The van der Waals surface area contributed by atoms with Crippen molar-refractivity contribution in [3.63, 3.8) is 0 Å². The molecule has 0 aliphatic carbocycles. The summed E-state index contributed by atoms with van der Waals surface area (Å²) in [7, 11) is 0. The molecule has 0 radical (unpaired) electrons. The molecule has 0 saturated carbocycles. The van der Waals surface area contributed by atoms with Crippen molar-refractivity contribution in [3.05, 3.63) is 12.2 Å². The minimum absolute atomic E-state index is 0.143. The van der Waals surface area contributed by atoms with Crippen LogP contribution in [0.1, 0.15) is 40.0 Å². The molecule has 2 nitrogen and oxygen atoms in total. The number of rotatable bonds is 5. The third kappa shape index (κ3) is 5.96. The second-order valence-electron chi connectivity index (χ2n) is 3.74. The highest BCUT2D eigenvalue weighted by atomic mass is 16.4. The Morgan fingerprint density at radius 3 is 2.50 bits per heavy atom. The molecule has 0 unspecified atom stereocenters. The molecule has 1 N–H and O–H groups in total. The minimum atomic E-state index is -0.703. The summed E-state index contributed by atoms with van der Waals surface area (Å²) in [4.78, 5) is 10.2. The zero-order chi connectivity index (χ0) is 9.61. The Morgan fingerprint density at radius 1 is 1.50 bits per heavy atom. The summed E-state index contributed by atoms with van der Waals surface area (Å²) in [6.45, 7) is 6.22. The molecule has 0 aromatic carbocycles. The first-order chi connectivity index (χ1) is 5.48. The van der Waals surface area contributed by atoms with Gasteiger partial charge in [0.2, 0.25) is 0 Å². The predicted octanol–water partition coefficient (Wildman–Crippen LogP) is 2.84.